The van der Waals surface area contributed by atoms with Gasteiger partial charge in [-0.15, -0.1) is 0 Å². The van der Waals surface area contributed by atoms with Crippen molar-refractivity contribution in [3.05, 3.63) is 47.4 Å². The van der Waals surface area contributed by atoms with Crippen LogP contribution in [-0.2, 0) is 19.4 Å². The van der Waals surface area contributed by atoms with E-state index >= 15 is 0 Å². The molecule has 0 spiro atoms. The second kappa shape index (κ2) is 7.68. The zero-order valence-electron chi connectivity index (χ0n) is 13.7. The molecular formula is C18H24FN3O. The number of halogens is 1. The van der Waals surface area contributed by atoms with Crippen molar-refractivity contribution >= 4 is 0 Å². The van der Waals surface area contributed by atoms with Gasteiger partial charge in [0.25, 0.3) is 0 Å². The Morgan fingerprint density at radius 1 is 1.26 bits per heavy atom. The first-order valence-corrected chi connectivity index (χ1v) is 8.52. The van der Waals surface area contributed by atoms with Crippen LogP contribution in [0.3, 0.4) is 0 Å². The largest absolute Gasteiger partial charge is 0.338 e. The van der Waals surface area contributed by atoms with Gasteiger partial charge in [0.2, 0.25) is 5.89 Å². The van der Waals surface area contributed by atoms with Crippen molar-refractivity contribution in [2.24, 2.45) is 5.92 Å². The van der Waals surface area contributed by atoms with Gasteiger partial charge in [-0.2, -0.15) is 4.98 Å². The molecule has 0 unspecified atom stereocenters. The molecule has 4 nitrogen and oxygen atoms in total. The molecule has 1 saturated heterocycles. The molecule has 124 valence electrons. The van der Waals surface area contributed by atoms with Gasteiger partial charge in [-0.3, -0.25) is 4.90 Å². The Labute approximate surface area is 136 Å². The second-order valence-electron chi connectivity index (χ2n) is 6.37. The topological polar surface area (TPSA) is 42.2 Å². The number of piperidine rings is 1. The molecule has 2 aromatic rings. The molecule has 23 heavy (non-hydrogen) atoms. The number of aromatic nitrogens is 2. The average molecular weight is 317 g/mol. The van der Waals surface area contributed by atoms with Crippen LogP contribution >= 0.6 is 0 Å². The standard InChI is InChI=1S/C18H24FN3O/c1-2-5-17-20-18(23-21-17)13-22-10-8-14(9-11-22)12-15-6-3-4-7-16(15)19/h3-4,6-7,14H,2,5,8-13H2,1H3. The number of likely N-dealkylation sites (tertiary alicyclic amines) is 1. The molecule has 1 fully saturated rings. The van der Waals surface area contributed by atoms with Crippen molar-refractivity contribution in [3.63, 3.8) is 0 Å². The molecule has 5 heteroatoms. The molecular weight excluding hydrogens is 293 g/mol. The molecule has 2 heterocycles. The van der Waals surface area contributed by atoms with Gasteiger partial charge < -0.3 is 4.52 Å². The Hall–Kier alpha value is -1.75. The fourth-order valence-corrected chi connectivity index (χ4v) is 3.19. The summed E-state index contributed by atoms with van der Waals surface area (Å²) in [5.74, 6) is 1.99. The normalized spacial score (nSPS) is 16.8. The molecule has 0 amide bonds. The van der Waals surface area contributed by atoms with E-state index in [1.165, 1.54) is 0 Å². The Morgan fingerprint density at radius 3 is 2.78 bits per heavy atom. The third-order valence-corrected chi connectivity index (χ3v) is 4.52. The molecule has 1 aliphatic rings. The third kappa shape index (κ3) is 4.38. The summed E-state index contributed by atoms with van der Waals surface area (Å²) in [6.45, 7) is 4.84. The van der Waals surface area contributed by atoms with Gasteiger partial charge in [0.15, 0.2) is 5.82 Å². The molecule has 0 atom stereocenters. The zero-order valence-corrected chi connectivity index (χ0v) is 13.7. The highest BCUT2D eigenvalue weighted by Gasteiger charge is 2.22. The number of aryl methyl sites for hydroxylation is 1. The molecule has 0 radical (unpaired) electrons. The SMILES string of the molecule is CCCc1noc(CN2CCC(Cc3ccccc3F)CC2)n1. The Balaban J connectivity index is 1.47. The van der Waals surface area contributed by atoms with Crippen LogP contribution in [-0.4, -0.2) is 28.1 Å². The molecule has 0 aliphatic carbocycles. The molecule has 3 rings (SSSR count). The fraction of sp³-hybridized carbons (Fsp3) is 0.556. The molecule has 1 aliphatic heterocycles. The summed E-state index contributed by atoms with van der Waals surface area (Å²) in [4.78, 5) is 6.77. The quantitative estimate of drug-likeness (QED) is 0.816. The van der Waals surface area contributed by atoms with Gasteiger partial charge in [-0.25, -0.2) is 4.39 Å². The van der Waals surface area contributed by atoms with Crippen molar-refractivity contribution in [1.82, 2.24) is 15.0 Å². The zero-order chi connectivity index (χ0) is 16.1. The van der Waals surface area contributed by atoms with Gasteiger partial charge in [0, 0.05) is 6.42 Å². The molecule has 1 aromatic carbocycles. The smallest absolute Gasteiger partial charge is 0.240 e. The minimum atomic E-state index is -0.0794. The summed E-state index contributed by atoms with van der Waals surface area (Å²) in [6, 6.07) is 7.11. The lowest BCUT2D eigenvalue weighted by Gasteiger charge is -2.31. The number of nitrogens with zero attached hydrogens (tertiary/aromatic N) is 3. The van der Waals surface area contributed by atoms with Gasteiger partial charge >= 0.3 is 0 Å². The maximum Gasteiger partial charge on any atom is 0.240 e. The van der Waals surface area contributed by atoms with Crippen molar-refractivity contribution in [1.29, 1.82) is 0 Å². The van der Waals surface area contributed by atoms with Crippen molar-refractivity contribution in [3.8, 4) is 0 Å². The van der Waals surface area contributed by atoms with Crippen LogP contribution in [0.25, 0.3) is 0 Å². The fourth-order valence-electron chi connectivity index (χ4n) is 3.19. The van der Waals surface area contributed by atoms with Gasteiger partial charge in [-0.05, 0) is 56.3 Å². The van der Waals surface area contributed by atoms with E-state index in [1.807, 2.05) is 12.1 Å². The Bertz CT molecular complexity index is 620. The van der Waals surface area contributed by atoms with E-state index in [0.29, 0.717) is 11.8 Å². The first kappa shape index (κ1) is 16.1. The van der Waals surface area contributed by atoms with Gasteiger partial charge in [-0.1, -0.05) is 30.3 Å². The Kier molecular flexibility index (Phi) is 5.39. The predicted molar refractivity (Wildman–Crippen MR) is 86.4 cm³/mol. The van der Waals surface area contributed by atoms with Crippen molar-refractivity contribution in [2.45, 2.75) is 45.6 Å². The summed E-state index contributed by atoms with van der Waals surface area (Å²) in [7, 11) is 0. The first-order valence-electron chi connectivity index (χ1n) is 8.52. The van der Waals surface area contributed by atoms with E-state index < -0.39 is 0 Å². The maximum atomic E-state index is 13.7. The van der Waals surface area contributed by atoms with Crippen LogP contribution in [0.15, 0.2) is 28.8 Å². The summed E-state index contributed by atoms with van der Waals surface area (Å²) in [5, 5.41) is 4.00. The highest BCUT2D eigenvalue weighted by molar-refractivity contribution is 5.17. The van der Waals surface area contributed by atoms with E-state index in [9.17, 15) is 4.39 Å². The number of hydrogen-bond acceptors (Lipinski definition) is 4. The van der Waals surface area contributed by atoms with Crippen LogP contribution in [0.4, 0.5) is 4.39 Å². The molecule has 0 saturated carbocycles. The van der Waals surface area contributed by atoms with E-state index in [0.717, 1.165) is 63.1 Å². The highest BCUT2D eigenvalue weighted by Crippen LogP contribution is 2.23. The van der Waals surface area contributed by atoms with E-state index in [1.54, 1.807) is 12.1 Å². The highest BCUT2D eigenvalue weighted by atomic mass is 19.1. The summed E-state index contributed by atoms with van der Waals surface area (Å²) in [6.07, 6.45) is 4.91. The molecule has 1 aromatic heterocycles. The van der Waals surface area contributed by atoms with Gasteiger partial charge in [0.05, 0.1) is 6.54 Å². The summed E-state index contributed by atoms with van der Waals surface area (Å²) < 4.78 is 19.0. The summed E-state index contributed by atoms with van der Waals surface area (Å²) in [5.41, 5.74) is 0.840. The third-order valence-electron chi connectivity index (χ3n) is 4.52. The van der Waals surface area contributed by atoms with Crippen LogP contribution in [0.2, 0.25) is 0 Å². The van der Waals surface area contributed by atoms with Crippen LogP contribution in [0.1, 0.15) is 43.5 Å². The Morgan fingerprint density at radius 2 is 2.04 bits per heavy atom. The van der Waals surface area contributed by atoms with Crippen molar-refractivity contribution in [2.75, 3.05) is 13.1 Å². The minimum absolute atomic E-state index is 0.0794. The lowest BCUT2D eigenvalue weighted by atomic mass is 9.90. The number of rotatable bonds is 6. The molecule has 0 N–H and O–H groups in total. The van der Waals surface area contributed by atoms with Gasteiger partial charge in [0.1, 0.15) is 5.82 Å². The second-order valence-corrected chi connectivity index (χ2v) is 6.37. The lowest BCUT2D eigenvalue weighted by molar-refractivity contribution is 0.158. The van der Waals surface area contributed by atoms with Crippen LogP contribution in [0.5, 0.6) is 0 Å². The van der Waals surface area contributed by atoms with E-state index in [2.05, 4.69) is 22.0 Å². The maximum absolute atomic E-state index is 13.7. The predicted octanol–water partition coefficient (Wildman–Crippen LogP) is 3.62. The lowest BCUT2D eigenvalue weighted by Crippen LogP contribution is -2.34. The van der Waals surface area contributed by atoms with E-state index in [-0.39, 0.29) is 5.82 Å². The monoisotopic (exact) mass is 317 g/mol. The van der Waals surface area contributed by atoms with Crippen LogP contribution < -0.4 is 0 Å². The minimum Gasteiger partial charge on any atom is -0.338 e. The average Bonchev–Trinajstić information content (AvgIpc) is 2.99. The number of hydrogen-bond donors (Lipinski definition) is 0. The summed E-state index contributed by atoms with van der Waals surface area (Å²) >= 11 is 0. The van der Waals surface area contributed by atoms with Crippen molar-refractivity contribution < 1.29 is 8.91 Å². The number of benzene rings is 1. The van der Waals surface area contributed by atoms with Crippen LogP contribution in [0, 0.1) is 11.7 Å². The first-order chi connectivity index (χ1) is 11.2. The molecule has 0 bridgehead atoms. The van der Waals surface area contributed by atoms with E-state index in [4.69, 9.17) is 4.52 Å².